The number of hydrogen-bond acceptors (Lipinski definition) is 9. The number of unbranched alkanes of at least 4 members (excludes halogenated alkanes) is 27. The van der Waals surface area contributed by atoms with Crippen molar-refractivity contribution in [1.29, 1.82) is 0 Å². The Labute approximate surface area is 337 Å². The van der Waals surface area contributed by atoms with Crippen LogP contribution in [0.5, 0.6) is 0 Å². The molecule has 0 aromatic carbocycles. The van der Waals surface area contributed by atoms with Crippen LogP contribution in [0.1, 0.15) is 213 Å². The summed E-state index contributed by atoms with van der Waals surface area (Å²) in [6.45, 7) is 4.58. The molecule has 0 spiro atoms. The number of esters is 1. The summed E-state index contributed by atoms with van der Waals surface area (Å²) in [6.07, 6.45) is 35.3. The summed E-state index contributed by atoms with van der Waals surface area (Å²) in [6, 6.07) is 0. The van der Waals surface area contributed by atoms with Crippen molar-refractivity contribution in [2.24, 2.45) is 0 Å². The molecule has 6 atom stereocenters. The first-order valence-corrected chi connectivity index (χ1v) is 23.3. The molecular formula is C46H88O9. The van der Waals surface area contributed by atoms with Crippen molar-refractivity contribution < 1.29 is 44.2 Å². The van der Waals surface area contributed by atoms with Gasteiger partial charge in [0, 0.05) is 13.0 Å². The minimum absolute atomic E-state index is 0.109. The largest absolute Gasteiger partial charge is 0.457 e. The molecule has 0 aromatic heterocycles. The minimum Gasteiger partial charge on any atom is -0.457 e. The van der Waals surface area contributed by atoms with Crippen molar-refractivity contribution in [1.82, 2.24) is 0 Å². The highest BCUT2D eigenvalue weighted by atomic mass is 16.7. The molecule has 1 heterocycles. The van der Waals surface area contributed by atoms with Crippen LogP contribution in [0.2, 0.25) is 0 Å². The van der Waals surface area contributed by atoms with Crippen LogP contribution in [-0.2, 0) is 23.7 Å². The molecule has 1 saturated heterocycles. The Morgan fingerprint density at radius 3 is 1.47 bits per heavy atom. The maximum absolute atomic E-state index is 12.8. The second-order valence-electron chi connectivity index (χ2n) is 16.2. The van der Waals surface area contributed by atoms with Gasteiger partial charge in [-0.15, -0.1) is 0 Å². The first-order chi connectivity index (χ1) is 26.9. The Morgan fingerprint density at radius 2 is 1.00 bits per heavy atom. The molecule has 326 valence electrons. The highest BCUT2D eigenvalue weighted by Gasteiger charge is 2.44. The van der Waals surface area contributed by atoms with Crippen LogP contribution in [0.25, 0.3) is 0 Å². The fourth-order valence-electron chi connectivity index (χ4n) is 7.25. The molecule has 6 unspecified atom stereocenters. The van der Waals surface area contributed by atoms with Gasteiger partial charge in [0.15, 0.2) is 6.29 Å². The Bertz CT molecular complexity index is 853. The van der Waals surface area contributed by atoms with Gasteiger partial charge >= 0.3 is 5.97 Å². The summed E-state index contributed by atoms with van der Waals surface area (Å²) in [5.41, 5.74) is 0. The summed E-state index contributed by atoms with van der Waals surface area (Å²) in [7, 11) is 0. The predicted octanol–water partition coefficient (Wildman–Crippen LogP) is 10.4. The van der Waals surface area contributed by atoms with E-state index in [0.29, 0.717) is 13.0 Å². The van der Waals surface area contributed by atoms with Crippen molar-refractivity contribution >= 4 is 5.97 Å². The minimum atomic E-state index is -1.53. The Hall–Kier alpha value is -1.07. The smallest absolute Gasteiger partial charge is 0.306 e. The summed E-state index contributed by atoms with van der Waals surface area (Å²) >= 11 is 0. The molecular weight excluding hydrogens is 696 g/mol. The van der Waals surface area contributed by atoms with Gasteiger partial charge in [0.25, 0.3) is 0 Å². The van der Waals surface area contributed by atoms with Gasteiger partial charge in [-0.1, -0.05) is 180 Å². The van der Waals surface area contributed by atoms with Gasteiger partial charge in [0.05, 0.1) is 19.8 Å². The molecule has 1 aliphatic rings. The Balaban J connectivity index is 2.20. The fraction of sp³-hybridized carbons (Fsp3) is 0.935. The standard InChI is InChI=1S/C46H88O9/c1-3-5-7-9-11-13-15-16-17-18-19-20-21-22-23-24-25-27-29-31-33-35-42(48)54-40(39-53-46-45(51)44(50)43(49)41(37-47)55-46)38-52-36-34-32-30-28-26-14-12-10-8-6-4-2/h18-19,40-41,43-47,49-51H,3-17,20-39H2,1-2H3/b19-18-. The normalized spacial score (nSPS) is 20.7. The number of carbonyl (C=O) groups is 1. The van der Waals surface area contributed by atoms with E-state index >= 15 is 0 Å². The highest BCUT2D eigenvalue weighted by molar-refractivity contribution is 5.69. The van der Waals surface area contributed by atoms with E-state index in [4.69, 9.17) is 18.9 Å². The Kier molecular flexibility index (Phi) is 36.3. The first kappa shape index (κ1) is 51.9. The number of ether oxygens (including phenoxy) is 4. The maximum atomic E-state index is 12.8. The molecule has 1 aliphatic heterocycles. The Morgan fingerprint density at radius 1 is 0.564 bits per heavy atom. The van der Waals surface area contributed by atoms with Crippen LogP contribution in [0.4, 0.5) is 0 Å². The molecule has 9 heteroatoms. The van der Waals surface area contributed by atoms with E-state index in [-0.39, 0.29) is 19.2 Å². The van der Waals surface area contributed by atoms with Gasteiger partial charge in [-0.3, -0.25) is 4.79 Å². The van der Waals surface area contributed by atoms with Crippen molar-refractivity contribution in [3.05, 3.63) is 12.2 Å². The topological polar surface area (TPSA) is 135 Å². The van der Waals surface area contributed by atoms with Crippen LogP contribution >= 0.6 is 0 Å². The molecule has 1 rings (SSSR count). The van der Waals surface area contributed by atoms with Crippen LogP contribution < -0.4 is 0 Å². The maximum Gasteiger partial charge on any atom is 0.306 e. The van der Waals surface area contributed by atoms with Crippen LogP contribution in [0.15, 0.2) is 12.2 Å². The van der Waals surface area contributed by atoms with Crippen molar-refractivity contribution in [2.45, 2.75) is 250 Å². The van der Waals surface area contributed by atoms with Gasteiger partial charge in [0.2, 0.25) is 0 Å². The average molecular weight is 785 g/mol. The lowest BCUT2D eigenvalue weighted by atomic mass is 9.99. The average Bonchev–Trinajstić information content (AvgIpc) is 3.18. The molecule has 55 heavy (non-hydrogen) atoms. The predicted molar refractivity (Wildman–Crippen MR) is 224 cm³/mol. The van der Waals surface area contributed by atoms with Gasteiger partial charge in [-0.2, -0.15) is 0 Å². The number of aliphatic hydroxyl groups is 4. The zero-order valence-electron chi connectivity index (χ0n) is 35.7. The van der Waals surface area contributed by atoms with Gasteiger partial charge in [0.1, 0.15) is 30.5 Å². The number of aliphatic hydroxyl groups excluding tert-OH is 4. The number of carbonyl (C=O) groups excluding carboxylic acids is 1. The van der Waals surface area contributed by atoms with E-state index in [1.807, 2.05) is 0 Å². The molecule has 0 saturated carbocycles. The van der Waals surface area contributed by atoms with Crippen LogP contribution in [0.3, 0.4) is 0 Å². The lowest BCUT2D eigenvalue weighted by molar-refractivity contribution is -0.305. The van der Waals surface area contributed by atoms with Gasteiger partial charge in [-0.25, -0.2) is 0 Å². The second kappa shape index (κ2) is 38.4. The van der Waals surface area contributed by atoms with E-state index in [2.05, 4.69) is 26.0 Å². The molecule has 4 N–H and O–H groups in total. The molecule has 0 amide bonds. The third-order valence-corrected chi connectivity index (χ3v) is 10.9. The van der Waals surface area contributed by atoms with Crippen molar-refractivity contribution in [3.8, 4) is 0 Å². The quantitative estimate of drug-likeness (QED) is 0.0272. The lowest BCUT2D eigenvalue weighted by Gasteiger charge is -2.39. The molecule has 9 nitrogen and oxygen atoms in total. The van der Waals surface area contributed by atoms with Gasteiger partial charge in [-0.05, 0) is 38.5 Å². The lowest BCUT2D eigenvalue weighted by Crippen LogP contribution is -2.59. The van der Waals surface area contributed by atoms with E-state index in [9.17, 15) is 25.2 Å². The number of rotatable bonds is 40. The zero-order chi connectivity index (χ0) is 40.0. The van der Waals surface area contributed by atoms with Crippen LogP contribution in [0, 0.1) is 0 Å². The number of hydrogen-bond donors (Lipinski definition) is 4. The summed E-state index contributed by atoms with van der Waals surface area (Å²) in [4.78, 5) is 12.8. The van der Waals surface area contributed by atoms with E-state index < -0.39 is 43.4 Å². The summed E-state index contributed by atoms with van der Waals surface area (Å²) in [5.74, 6) is -0.312. The zero-order valence-corrected chi connectivity index (χ0v) is 35.7. The third kappa shape index (κ3) is 29.8. The molecule has 1 fully saturated rings. The number of allylic oxidation sites excluding steroid dienone is 2. The van der Waals surface area contributed by atoms with E-state index in [0.717, 1.165) is 32.1 Å². The SMILES string of the molecule is CCCCCCCCCC/C=C\CCCCCCCCCCCC(=O)OC(COCCCCCCCCCCCCC)COC1OC(CO)C(O)C(O)C1O. The van der Waals surface area contributed by atoms with Gasteiger partial charge < -0.3 is 39.4 Å². The first-order valence-electron chi connectivity index (χ1n) is 23.3. The second-order valence-corrected chi connectivity index (χ2v) is 16.2. The molecule has 0 aliphatic carbocycles. The highest BCUT2D eigenvalue weighted by Crippen LogP contribution is 2.23. The molecule has 0 aromatic rings. The molecule has 0 radical (unpaired) electrons. The summed E-state index contributed by atoms with van der Waals surface area (Å²) in [5, 5.41) is 40.1. The van der Waals surface area contributed by atoms with Crippen molar-refractivity contribution in [3.63, 3.8) is 0 Å². The van der Waals surface area contributed by atoms with E-state index in [1.165, 1.54) is 161 Å². The van der Waals surface area contributed by atoms with E-state index in [1.54, 1.807) is 0 Å². The van der Waals surface area contributed by atoms with Crippen LogP contribution in [-0.4, -0.2) is 89.6 Å². The monoisotopic (exact) mass is 785 g/mol. The summed E-state index contributed by atoms with van der Waals surface area (Å²) < 4.78 is 22.8. The third-order valence-electron chi connectivity index (χ3n) is 10.9. The van der Waals surface area contributed by atoms with Crippen molar-refractivity contribution in [2.75, 3.05) is 26.4 Å². The fourth-order valence-corrected chi connectivity index (χ4v) is 7.25. The molecule has 0 bridgehead atoms.